The minimum atomic E-state index is -3.77. The maximum Gasteiger partial charge on any atom is 0.247 e. The normalized spacial score (nSPS) is 12.0. The number of rotatable bonds is 8. The highest BCUT2D eigenvalue weighted by Gasteiger charge is 2.29. The first-order valence-corrected chi connectivity index (χ1v) is 11.7. The molecule has 1 amide bonds. The second kappa shape index (κ2) is 9.65. The number of nitrogens with one attached hydrogen (secondary N) is 1. The number of ketones is 1. The monoisotopic (exact) mass is 452 g/mol. The van der Waals surface area contributed by atoms with Crippen molar-refractivity contribution in [1.82, 2.24) is 0 Å². The van der Waals surface area contributed by atoms with E-state index >= 15 is 0 Å². The van der Waals surface area contributed by atoms with E-state index in [1.54, 1.807) is 48.5 Å². The first-order valence-electron chi connectivity index (χ1n) is 9.89. The molecule has 0 bridgehead atoms. The Hall–Kier alpha value is -3.65. The van der Waals surface area contributed by atoms with Gasteiger partial charge in [0.1, 0.15) is 17.5 Å². The van der Waals surface area contributed by atoms with Crippen LogP contribution in [-0.2, 0) is 14.8 Å². The lowest BCUT2D eigenvalue weighted by molar-refractivity contribution is -0.116. The molecule has 166 valence electrons. The van der Waals surface area contributed by atoms with E-state index in [2.05, 4.69) is 5.32 Å². The smallest absolute Gasteiger partial charge is 0.247 e. The summed E-state index contributed by atoms with van der Waals surface area (Å²) in [6.45, 7) is 2.93. The summed E-state index contributed by atoms with van der Waals surface area (Å²) in [4.78, 5) is 24.4. The minimum Gasteiger partial charge on any atom is -0.457 e. The van der Waals surface area contributed by atoms with Crippen molar-refractivity contribution >= 4 is 33.1 Å². The van der Waals surface area contributed by atoms with Crippen LogP contribution < -0.4 is 14.4 Å². The van der Waals surface area contributed by atoms with Crippen LogP contribution in [0, 0.1) is 0 Å². The second-order valence-electron chi connectivity index (χ2n) is 7.27. The van der Waals surface area contributed by atoms with E-state index < -0.39 is 22.0 Å². The molecule has 0 saturated carbocycles. The molecular formula is C24H24N2O5S. The van der Waals surface area contributed by atoms with Crippen molar-refractivity contribution in [3.63, 3.8) is 0 Å². The van der Waals surface area contributed by atoms with Crippen molar-refractivity contribution in [1.29, 1.82) is 0 Å². The van der Waals surface area contributed by atoms with Crippen LogP contribution in [0.5, 0.6) is 11.5 Å². The number of amides is 1. The fourth-order valence-electron chi connectivity index (χ4n) is 3.16. The Morgan fingerprint density at radius 1 is 0.906 bits per heavy atom. The second-order valence-corrected chi connectivity index (χ2v) is 9.13. The minimum absolute atomic E-state index is 0.135. The van der Waals surface area contributed by atoms with Crippen molar-refractivity contribution in [2.24, 2.45) is 0 Å². The standard InChI is InChI=1S/C24H24N2O5S/c1-17(24(28)25-20-9-7-8-19(16-20)18(2)27)26(32(3,29)30)21-12-14-23(15-13-21)31-22-10-5-4-6-11-22/h4-17H,1-3H3,(H,25,28)/t17-/m1/s1. The summed E-state index contributed by atoms with van der Waals surface area (Å²) < 4.78 is 31.8. The average Bonchev–Trinajstić information content (AvgIpc) is 2.75. The van der Waals surface area contributed by atoms with Crippen molar-refractivity contribution < 1.29 is 22.7 Å². The molecule has 8 heteroatoms. The number of para-hydroxylation sites is 1. The van der Waals surface area contributed by atoms with E-state index in [-0.39, 0.29) is 5.78 Å². The van der Waals surface area contributed by atoms with Crippen LogP contribution in [0.3, 0.4) is 0 Å². The lowest BCUT2D eigenvalue weighted by Crippen LogP contribution is -2.45. The van der Waals surface area contributed by atoms with Crippen LogP contribution in [-0.4, -0.2) is 32.4 Å². The Bertz CT molecular complexity index is 1210. The third-order valence-electron chi connectivity index (χ3n) is 4.70. The van der Waals surface area contributed by atoms with Gasteiger partial charge in [0.05, 0.1) is 11.9 Å². The summed E-state index contributed by atoms with van der Waals surface area (Å²) in [7, 11) is -3.77. The summed E-state index contributed by atoms with van der Waals surface area (Å²) in [5.41, 5.74) is 1.19. The fourth-order valence-corrected chi connectivity index (χ4v) is 4.33. The number of carbonyl (C=O) groups is 2. The SMILES string of the molecule is CC(=O)c1cccc(NC(=O)[C@@H](C)N(c2ccc(Oc3ccccc3)cc2)S(C)(=O)=O)c1. The lowest BCUT2D eigenvalue weighted by Gasteiger charge is -2.28. The van der Waals surface area contributed by atoms with Gasteiger partial charge in [-0.05, 0) is 62.4 Å². The highest BCUT2D eigenvalue weighted by molar-refractivity contribution is 7.92. The maximum absolute atomic E-state index is 12.8. The Balaban J connectivity index is 1.80. The van der Waals surface area contributed by atoms with E-state index in [1.807, 2.05) is 30.3 Å². The zero-order valence-electron chi connectivity index (χ0n) is 18.0. The number of carbonyl (C=O) groups excluding carboxylic acids is 2. The number of sulfonamides is 1. The van der Waals surface area contributed by atoms with Gasteiger partial charge in [0.2, 0.25) is 15.9 Å². The molecule has 0 aliphatic heterocycles. The van der Waals surface area contributed by atoms with Gasteiger partial charge >= 0.3 is 0 Å². The molecule has 1 atom stereocenters. The molecule has 0 aliphatic carbocycles. The van der Waals surface area contributed by atoms with Crippen LogP contribution in [0.25, 0.3) is 0 Å². The first-order chi connectivity index (χ1) is 15.1. The quantitative estimate of drug-likeness (QED) is 0.509. The van der Waals surface area contributed by atoms with E-state index in [1.165, 1.54) is 13.8 Å². The Morgan fingerprint density at radius 2 is 1.53 bits per heavy atom. The van der Waals surface area contributed by atoms with Crippen molar-refractivity contribution in [3.05, 3.63) is 84.4 Å². The molecule has 3 rings (SSSR count). The van der Waals surface area contributed by atoms with Crippen LogP contribution in [0.4, 0.5) is 11.4 Å². The number of ether oxygens (including phenoxy) is 1. The van der Waals surface area contributed by atoms with Gasteiger partial charge in [0.25, 0.3) is 0 Å². The van der Waals surface area contributed by atoms with Crippen molar-refractivity contribution in [2.45, 2.75) is 19.9 Å². The van der Waals surface area contributed by atoms with Crippen LogP contribution in [0.1, 0.15) is 24.2 Å². The summed E-state index contributed by atoms with van der Waals surface area (Å²) in [5, 5.41) is 2.68. The number of hydrogen-bond acceptors (Lipinski definition) is 5. The number of anilines is 2. The fraction of sp³-hybridized carbons (Fsp3) is 0.167. The van der Waals surface area contributed by atoms with Gasteiger partial charge in [0.15, 0.2) is 5.78 Å². The predicted octanol–water partition coefficient (Wildman–Crippen LogP) is 4.47. The Labute approximate surface area is 187 Å². The van der Waals surface area contributed by atoms with Crippen LogP contribution in [0.15, 0.2) is 78.9 Å². The third-order valence-corrected chi connectivity index (χ3v) is 5.94. The molecule has 0 saturated heterocycles. The molecule has 0 aliphatic rings. The zero-order valence-corrected chi connectivity index (χ0v) is 18.8. The number of benzene rings is 3. The van der Waals surface area contributed by atoms with Gasteiger partial charge in [-0.1, -0.05) is 30.3 Å². The molecular weight excluding hydrogens is 428 g/mol. The van der Waals surface area contributed by atoms with Crippen molar-refractivity contribution in [3.8, 4) is 11.5 Å². The lowest BCUT2D eigenvalue weighted by atomic mass is 10.1. The molecule has 1 N–H and O–H groups in total. The molecule has 0 radical (unpaired) electrons. The average molecular weight is 453 g/mol. The molecule has 7 nitrogen and oxygen atoms in total. The van der Waals surface area contributed by atoms with Gasteiger partial charge in [-0.2, -0.15) is 0 Å². The molecule has 3 aromatic rings. The maximum atomic E-state index is 12.8. The first kappa shape index (κ1) is 23.0. The molecule has 0 unspecified atom stereocenters. The summed E-state index contributed by atoms with van der Waals surface area (Å²) in [6.07, 6.45) is 1.04. The molecule has 0 heterocycles. The Kier molecular flexibility index (Phi) is 6.95. The molecule has 0 fully saturated rings. The van der Waals surface area contributed by atoms with Gasteiger partial charge in [-0.25, -0.2) is 8.42 Å². The topological polar surface area (TPSA) is 92.8 Å². The molecule has 0 aromatic heterocycles. The predicted molar refractivity (Wildman–Crippen MR) is 125 cm³/mol. The van der Waals surface area contributed by atoms with Gasteiger partial charge in [0, 0.05) is 11.3 Å². The zero-order chi connectivity index (χ0) is 23.3. The van der Waals surface area contributed by atoms with E-state index in [0.717, 1.165) is 10.6 Å². The summed E-state index contributed by atoms with van der Waals surface area (Å²) in [6, 6.07) is 21.1. The molecule has 32 heavy (non-hydrogen) atoms. The van der Waals surface area contributed by atoms with Crippen LogP contribution >= 0.6 is 0 Å². The molecule has 3 aromatic carbocycles. The number of nitrogens with zero attached hydrogens (tertiary/aromatic N) is 1. The van der Waals surface area contributed by atoms with Crippen LogP contribution in [0.2, 0.25) is 0 Å². The van der Waals surface area contributed by atoms with Gasteiger partial charge < -0.3 is 10.1 Å². The van der Waals surface area contributed by atoms with Gasteiger partial charge in [-0.15, -0.1) is 0 Å². The van der Waals surface area contributed by atoms with Crippen molar-refractivity contribution in [2.75, 3.05) is 15.9 Å². The largest absolute Gasteiger partial charge is 0.457 e. The number of Topliss-reactive ketones (excluding diaryl/α,β-unsaturated/α-hetero) is 1. The summed E-state index contributed by atoms with van der Waals surface area (Å²) in [5.74, 6) is 0.526. The summed E-state index contributed by atoms with van der Waals surface area (Å²) >= 11 is 0. The van der Waals surface area contributed by atoms with E-state index in [9.17, 15) is 18.0 Å². The van der Waals surface area contributed by atoms with E-state index in [4.69, 9.17) is 4.74 Å². The van der Waals surface area contributed by atoms with Gasteiger partial charge in [-0.3, -0.25) is 13.9 Å². The number of hydrogen-bond donors (Lipinski definition) is 1. The van der Waals surface area contributed by atoms with E-state index in [0.29, 0.717) is 28.4 Å². The molecule has 0 spiro atoms. The third kappa shape index (κ3) is 5.73. The highest BCUT2D eigenvalue weighted by atomic mass is 32.2. The highest BCUT2D eigenvalue weighted by Crippen LogP contribution is 2.27. The Morgan fingerprint density at radius 3 is 2.12 bits per heavy atom.